The lowest BCUT2D eigenvalue weighted by molar-refractivity contribution is 0.102. The molecule has 1 amide bonds. The molecule has 3 aromatic heterocycles. The van der Waals surface area contributed by atoms with Gasteiger partial charge in [-0.2, -0.15) is 4.39 Å². The molecule has 1 fully saturated rings. The molecule has 0 saturated heterocycles. The Kier molecular flexibility index (Phi) is 5.42. The molecule has 1 aliphatic heterocycles. The summed E-state index contributed by atoms with van der Waals surface area (Å²) in [7, 11) is 0. The molecule has 3 aromatic rings. The molecule has 3 atom stereocenters. The van der Waals surface area contributed by atoms with E-state index in [4.69, 9.17) is 14.9 Å². The monoisotopic (exact) mass is 487 g/mol. The maximum absolute atomic E-state index is 14.7. The van der Waals surface area contributed by atoms with Crippen molar-refractivity contribution in [3.8, 4) is 5.88 Å². The Bertz CT molecular complexity index is 1260. The normalized spacial score (nSPS) is 25.3. The number of oxazole rings is 1. The van der Waals surface area contributed by atoms with E-state index in [9.17, 15) is 13.6 Å². The quantitative estimate of drug-likeness (QED) is 0.481. The Morgan fingerprint density at radius 2 is 2.18 bits per heavy atom. The maximum atomic E-state index is 14.7. The number of carbonyl (C=O) groups is 1. The molecule has 1 saturated carbocycles. The summed E-state index contributed by atoms with van der Waals surface area (Å²) in [5.74, 6) is -1.02. The number of fused-ring (bicyclic) bond motifs is 1. The van der Waals surface area contributed by atoms with Crippen LogP contribution >= 0.6 is 11.8 Å². The number of hydrogen-bond donors (Lipinski definition) is 2. The van der Waals surface area contributed by atoms with Crippen LogP contribution in [0.1, 0.15) is 35.3 Å². The molecule has 5 rings (SSSR count). The highest BCUT2D eigenvalue weighted by atomic mass is 32.2. The number of anilines is 1. The summed E-state index contributed by atoms with van der Waals surface area (Å²) in [4.78, 5) is 32.9. The number of hydrogen-bond acceptors (Lipinski definition) is 10. The van der Waals surface area contributed by atoms with Gasteiger partial charge in [-0.05, 0) is 19.4 Å². The molecule has 0 radical (unpaired) electrons. The van der Waals surface area contributed by atoms with Crippen molar-refractivity contribution in [1.82, 2.24) is 19.9 Å². The standard InChI is InChI=1S/C21H19F2N7O3S/c1-20(14-5-21(14,10-22)34-19(24)30-20)12-4-11(6-28-17(12)23)29-18(31)13-7-27-15(8-26-13)33-9-16-25-2-3-32-16/h2-4,6-8,14H,5,9-10H2,1H3,(H2,24,30)(H,29,31)/t14-,20-,21+/m0/s1. The van der Waals surface area contributed by atoms with Crippen molar-refractivity contribution in [2.75, 3.05) is 12.0 Å². The van der Waals surface area contributed by atoms with Gasteiger partial charge in [0.2, 0.25) is 17.7 Å². The van der Waals surface area contributed by atoms with Crippen LogP contribution in [0.2, 0.25) is 0 Å². The number of aromatic nitrogens is 4. The number of nitrogens with two attached hydrogens (primary N) is 1. The van der Waals surface area contributed by atoms with Gasteiger partial charge >= 0.3 is 0 Å². The number of ether oxygens (including phenoxy) is 1. The van der Waals surface area contributed by atoms with Crippen LogP contribution in [0.4, 0.5) is 14.5 Å². The van der Waals surface area contributed by atoms with E-state index in [2.05, 4.69) is 30.2 Å². The van der Waals surface area contributed by atoms with Crippen molar-refractivity contribution in [1.29, 1.82) is 0 Å². The van der Waals surface area contributed by atoms with Crippen LogP contribution < -0.4 is 15.8 Å². The lowest BCUT2D eigenvalue weighted by Crippen LogP contribution is -2.37. The summed E-state index contributed by atoms with van der Waals surface area (Å²) >= 11 is 1.19. The smallest absolute Gasteiger partial charge is 0.275 e. The molecular formula is C21H19F2N7O3S. The van der Waals surface area contributed by atoms with Gasteiger partial charge in [0, 0.05) is 11.5 Å². The minimum absolute atomic E-state index is 0.00975. The van der Waals surface area contributed by atoms with Gasteiger partial charge in [0.25, 0.3) is 5.91 Å². The average Bonchev–Trinajstić information content (AvgIpc) is 3.33. The number of amides is 1. The van der Waals surface area contributed by atoms with Crippen molar-refractivity contribution in [3.63, 3.8) is 0 Å². The van der Waals surface area contributed by atoms with E-state index in [0.717, 1.165) is 0 Å². The lowest BCUT2D eigenvalue weighted by atomic mass is 9.86. The fourth-order valence-corrected chi connectivity index (χ4v) is 5.43. The predicted octanol–water partition coefficient (Wildman–Crippen LogP) is 2.83. The first-order valence-corrected chi connectivity index (χ1v) is 11.1. The first kappa shape index (κ1) is 22.2. The Balaban J connectivity index is 1.31. The molecule has 4 heterocycles. The van der Waals surface area contributed by atoms with Crippen LogP contribution in [0.5, 0.6) is 5.88 Å². The zero-order valence-electron chi connectivity index (χ0n) is 17.9. The first-order chi connectivity index (χ1) is 16.3. The molecule has 1 aliphatic carbocycles. The lowest BCUT2D eigenvalue weighted by Gasteiger charge is -2.33. The van der Waals surface area contributed by atoms with Crippen molar-refractivity contribution in [2.24, 2.45) is 16.6 Å². The van der Waals surface area contributed by atoms with Crippen LogP contribution in [0, 0.1) is 11.9 Å². The molecule has 34 heavy (non-hydrogen) atoms. The fourth-order valence-electron chi connectivity index (χ4n) is 4.11. The van der Waals surface area contributed by atoms with E-state index >= 15 is 0 Å². The molecule has 0 bridgehead atoms. The third kappa shape index (κ3) is 3.95. The van der Waals surface area contributed by atoms with Crippen molar-refractivity contribution in [3.05, 3.63) is 60.2 Å². The number of halogens is 2. The Morgan fingerprint density at radius 3 is 2.88 bits per heavy atom. The van der Waals surface area contributed by atoms with Gasteiger partial charge < -0.3 is 20.2 Å². The highest BCUT2D eigenvalue weighted by molar-refractivity contribution is 8.15. The summed E-state index contributed by atoms with van der Waals surface area (Å²) in [5.41, 5.74) is 5.21. The molecular weight excluding hydrogens is 468 g/mol. The Hall–Kier alpha value is -3.61. The molecule has 176 valence electrons. The predicted molar refractivity (Wildman–Crippen MR) is 118 cm³/mol. The van der Waals surface area contributed by atoms with E-state index in [1.165, 1.54) is 48.9 Å². The van der Waals surface area contributed by atoms with Gasteiger partial charge in [0.1, 0.15) is 18.6 Å². The van der Waals surface area contributed by atoms with E-state index in [1.54, 1.807) is 6.92 Å². The third-order valence-corrected chi connectivity index (χ3v) is 7.18. The van der Waals surface area contributed by atoms with Crippen molar-refractivity contribution >= 4 is 28.5 Å². The second-order valence-electron chi connectivity index (χ2n) is 8.13. The summed E-state index contributed by atoms with van der Waals surface area (Å²) in [6, 6.07) is 1.44. The van der Waals surface area contributed by atoms with Crippen molar-refractivity contribution < 1.29 is 22.7 Å². The molecule has 0 unspecified atom stereocenters. The summed E-state index contributed by atoms with van der Waals surface area (Å²) in [6.07, 6.45) is 7.14. The number of carbonyl (C=O) groups excluding carboxylic acids is 1. The van der Waals surface area contributed by atoms with Crippen LogP contribution in [0.3, 0.4) is 0 Å². The first-order valence-electron chi connectivity index (χ1n) is 10.2. The fraction of sp³-hybridized carbons (Fsp3) is 0.333. The van der Waals surface area contributed by atoms with E-state index in [-0.39, 0.29) is 40.5 Å². The van der Waals surface area contributed by atoms with Gasteiger partial charge in [-0.25, -0.2) is 24.3 Å². The van der Waals surface area contributed by atoms with Crippen LogP contribution in [-0.4, -0.2) is 42.4 Å². The average molecular weight is 487 g/mol. The number of nitrogens with one attached hydrogen (secondary N) is 1. The molecule has 10 nitrogen and oxygen atoms in total. The summed E-state index contributed by atoms with van der Waals surface area (Å²) in [5, 5.41) is 2.82. The summed E-state index contributed by atoms with van der Waals surface area (Å²) in [6.45, 7) is 1.18. The minimum Gasteiger partial charge on any atom is -0.467 e. The highest BCUT2D eigenvalue weighted by Crippen LogP contribution is 2.66. The molecule has 0 spiro atoms. The number of nitrogens with zero attached hydrogens (tertiary/aromatic N) is 5. The molecule has 3 N–H and O–H groups in total. The SMILES string of the molecule is C[C@@]1(c2cc(NC(=O)c3cnc(OCc4ncco4)cn3)cnc2F)N=C(N)S[C@@]2(CF)C[C@H]21. The second-order valence-corrected chi connectivity index (χ2v) is 9.56. The number of thioether (sulfide) groups is 1. The van der Waals surface area contributed by atoms with Gasteiger partial charge in [0.05, 0.1) is 40.8 Å². The zero-order valence-corrected chi connectivity index (χ0v) is 18.7. The van der Waals surface area contributed by atoms with Gasteiger partial charge in [0.15, 0.2) is 11.8 Å². The van der Waals surface area contributed by atoms with Crippen LogP contribution in [-0.2, 0) is 12.1 Å². The molecule has 2 aliphatic rings. The van der Waals surface area contributed by atoms with Gasteiger partial charge in [-0.15, -0.1) is 0 Å². The van der Waals surface area contributed by atoms with Gasteiger partial charge in [-0.3, -0.25) is 9.79 Å². The largest absolute Gasteiger partial charge is 0.467 e. The highest BCUT2D eigenvalue weighted by Gasteiger charge is 2.67. The minimum atomic E-state index is -1.10. The Labute approximate surface area is 196 Å². The summed E-state index contributed by atoms with van der Waals surface area (Å²) < 4.78 is 38.2. The van der Waals surface area contributed by atoms with E-state index < -0.39 is 28.8 Å². The van der Waals surface area contributed by atoms with Crippen molar-refractivity contribution in [2.45, 2.75) is 30.2 Å². The van der Waals surface area contributed by atoms with E-state index in [1.807, 2.05) is 0 Å². The number of aliphatic imine (C=N–C) groups is 1. The zero-order chi connectivity index (χ0) is 23.9. The number of pyridine rings is 1. The molecule has 13 heteroatoms. The van der Waals surface area contributed by atoms with Gasteiger partial charge in [-0.1, -0.05) is 11.8 Å². The second kappa shape index (κ2) is 8.31. The number of rotatable bonds is 7. The number of amidine groups is 1. The van der Waals surface area contributed by atoms with Crippen LogP contribution in [0.15, 0.2) is 46.5 Å². The maximum Gasteiger partial charge on any atom is 0.275 e. The molecule has 0 aromatic carbocycles. The van der Waals surface area contributed by atoms with Crippen LogP contribution in [0.25, 0.3) is 0 Å². The number of alkyl halides is 1. The topological polar surface area (TPSA) is 141 Å². The van der Waals surface area contributed by atoms with E-state index in [0.29, 0.717) is 12.3 Å². The Morgan fingerprint density at radius 1 is 1.32 bits per heavy atom. The third-order valence-electron chi connectivity index (χ3n) is 5.91.